The summed E-state index contributed by atoms with van der Waals surface area (Å²) in [6.07, 6.45) is 6.98. The zero-order chi connectivity index (χ0) is 12.8. The molecule has 0 bridgehead atoms. The number of unbranched alkanes of at least 4 members (excludes halogenated alkanes) is 3. The second-order valence-corrected chi connectivity index (χ2v) is 5.15. The zero-order valence-corrected chi connectivity index (χ0v) is 11.9. The van der Waals surface area contributed by atoms with E-state index in [-0.39, 0.29) is 6.04 Å². The molecule has 0 saturated heterocycles. The van der Waals surface area contributed by atoms with Crippen LogP contribution in [-0.4, -0.2) is 15.8 Å². The van der Waals surface area contributed by atoms with Gasteiger partial charge in [-0.2, -0.15) is 5.10 Å². The van der Waals surface area contributed by atoms with Crippen molar-refractivity contribution in [3.05, 3.63) is 16.4 Å². The number of aromatic nitrogens is 2. The van der Waals surface area contributed by atoms with Crippen molar-refractivity contribution in [3.8, 4) is 0 Å². The van der Waals surface area contributed by atoms with Crippen LogP contribution in [0, 0.1) is 6.92 Å². The smallest absolute Gasteiger partial charge is 0.130 e. The molecule has 0 radical (unpaired) electrons. The normalized spacial score (nSPS) is 13.0. The SMILES string of the molecule is CCCCCCC(N)Cc1c(C)nn(C)c1Cl. The van der Waals surface area contributed by atoms with Crippen LogP contribution in [0.3, 0.4) is 0 Å². The predicted octanol–water partition coefficient (Wildman–Crippen LogP) is 3.22. The topological polar surface area (TPSA) is 43.8 Å². The van der Waals surface area contributed by atoms with Gasteiger partial charge < -0.3 is 5.73 Å². The Balaban J connectivity index is 2.42. The molecule has 1 heterocycles. The van der Waals surface area contributed by atoms with Crippen LogP contribution in [0.5, 0.6) is 0 Å². The van der Waals surface area contributed by atoms with Gasteiger partial charge in [-0.25, -0.2) is 0 Å². The molecule has 0 aliphatic rings. The fraction of sp³-hybridized carbons (Fsp3) is 0.769. The van der Waals surface area contributed by atoms with Gasteiger partial charge in [-0.3, -0.25) is 4.68 Å². The standard InChI is InChI=1S/C13H24ClN3/c1-4-5-6-7-8-11(15)9-12-10(2)16-17(3)13(12)14/h11H,4-9,15H2,1-3H3. The first-order valence-electron chi connectivity index (χ1n) is 6.49. The van der Waals surface area contributed by atoms with E-state index in [0.717, 1.165) is 29.3 Å². The predicted molar refractivity (Wildman–Crippen MR) is 73.4 cm³/mol. The van der Waals surface area contributed by atoms with Gasteiger partial charge in [0.05, 0.1) is 5.69 Å². The van der Waals surface area contributed by atoms with Crippen molar-refractivity contribution < 1.29 is 0 Å². The van der Waals surface area contributed by atoms with Crippen molar-refractivity contribution in [3.63, 3.8) is 0 Å². The minimum Gasteiger partial charge on any atom is -0.327 e. The minimum absolute atomic E-state index is 0.201. The molecule has 1 aromatic heterocycles. The Hall–Kier alpha value is -0.540. The third-order valence-electron chi connectivity index (χ3n) is 3.16. The number of halogens is 1. The summed E-state index contributed by atoms with van der Waals surface area (Å²) < 4.78 is 1.72. The second kappa shape index (κ2) is 7.02. The molecular formula is C13H24ClN3. The fourth-order valence-electron chi connectivity index (χ4n) is 2.10. The van der Waals surface area contributed by atoms with Crippen molar-refractivity contribution in [2.45, 2.75) is 58.4 Å². The monoisotopic (exact) mass is 257 g/mol. The zero-order valence-electron chi connectivity index (χ0n) is 11.2. The van der Waals surface area contributed by atoms with Gasteiger partial charge in [0.25, 0.3) is 0 Å². The molecule has 4 heteroatoms. The first kappa shape index (κ1) is 14.5. The summed E-state index contributed by atoms with van der Waals surface area (Å²) in [5.41, 5.74) is 8.25. The quantitative estimate of drug-likeness (QED) is 0.763. The maximum atomic E-state index is 6.19. The molecule has 17 heavy (non-hydrogen) atoms. The Kier molecular flexibility index (Phi) is 6.00. The van der Waals surface area contributed by atoms with Gasteiger partial charge in [0.15, 0.2) is 0 Å². The molecule has 0 saturated carbocycles. The average molecular weight is 258 g/mol. The number of nitrogens with two attached hydrogens (primary N) is 1. The number of rotatable bonds is 7. The van der Waals surface area contributed by atoms with E-state index in [9.17, 15) is 0 Å². The molecule has 1 rings (SSSR count). The van der Waals surface area contributed by atoms with Crippen LogP contribution in [0.25, 0.3) is 0 Å². The Bertz CT molecular complexity index is 347. The van der Waals surface area contributed by atoms with Gasteiger partial charge in [-0.05, 0) is 19.8 Å². The van der Waals surface area contributed by atoms with Crippen LogP contribution in [0.2, 0.25) is 5.15 Å². The van der Waals surface area contributed by atoms with Crippen molar-refractivity contribution in [2.24, 2.45) is 12.8 Å². The van der Waals surface area contributed by atoms with Crippen LogP contribution in [-0.2, 0) is 13.5 Å². The van der Waals surface area contributed by atoms with Gasteiger partial charge in [0, 0.05) is 18.7 Å². The van der Waals surface area contributed by atoms with E-state index >= 15 is 0 Å². The van der Waals surface area contributed by atoms with E-state index in [0.29, 0.717) is 0 Å². The van der Waals surface area contributed by atoms with E-state index in [2.05, 4.69) is 12.0 Å². The first-order valence-corrected chi connectivity index (χ1v) is 6.87. The molecule has 0 aliphatic carbocycles. The Morgan fingerprint density at radius 1 is 1.35 bits per heavy atom. The summed E-state index contributed by atoms with van der Waals surface area (Å²) >= 11 is 6.19. The summed E-state index contributed by atoms with van der Waals surface area (Å²) in [5.74, 6) is 0. The summed E-state index contributed by atoms with van der Waals surface area (Å²) in [4.78, 5) is 0. The van der Waals surface area contributed by atoms with Gasteiger partial charge in [0.2, 0.25) is 0 Å². The lowest BCUT2D eigenvalue weighted by atomic mass is 10.0. The van der Waals surface area contributed by atoms with E-state index in [1.54, 1.807) is 4.68 Å². The summed E-state index contributed by atoms with van der Waals surface area (Å²) in [6, 6.07) is 0.201. The van der Waals surface area contributed by atoms with Crippen LogP contribution in [0.1, 0.15) is 50.3 Å². The lowest BCUT2D eigenvalue weighted by Crippen LogP contribution is -2.23. The van der Waals surface area contributed by atoms with Gasteiger partial charge >= 0.3 is 0 Å². The van der Waals surface area contributed by atoms with Gasteiger partial charge in [-0.1, -0.05) is 44.2 Å². The number of hydrogen-bond donors (Lipinski definition) is 1. The van der Waals surface area contributed by atoms with Crippen molar-refractivity contribution >= 4 is 11.6 Å². The third kappa shape index (κ3) is 4.32. The molecule has 1 atom stereocenters. The number of aryl methyl sites for hydroxylation is 2. The number of hydrogen-bond acceptors (Lipinski definition) is 2. The highest BCUT2D eigenvalue weighted by Gasteiger charge is 2.14. The molecule has 1 aromatic rings. The first-order chi connectivity index (χ1) is 8.06. The number of nitrogens with zero attached hydrogens (tertiary/aromatic N) is 2. The van der Waals surface area contributed by atoms with E-state index in [1.165, 1.54) is 25.7 Å². The summed E-state index contributed by atoms with van der Waals surface area (Å²) in [6.45, 7) is 4.21. The van der Waals surface area contributed by atoms with Crippen LogP contribution >= 0.6 is 11.6 Å². The van der Waals surface area contributed by atoms with Crippen LogP contribution in [0.15, 0.2) is 0 Å². The Morgan fingerprint density at radius 3 is 2.59 bits per heavy atom. The molecule has 0 aliphatic heterocycles. The van der Waals surface area contributed by atoms with Crippen molar-refractivity contribution in [2.75, 3.05) is 0 Å². The maximum Gasteiger partial charge on any atom is 0.130 e. The molecule has 2 N–H and O–H groups in total. The minimum atomic E-state index is 0.201. The average Bonchev–Trinajstić information content (AvgIpc) is 2.52. The molecule has 0 spiro atoms. The lowest BCUT2D eigenvalue weighted by molar-refractivity contribution is 0.545. The van der Waals surface area contributed by atoms with Crippen molar-refractivity contribution in [1.29, 1.82) is 0 Å². The summed E-state index contributed by atoms with van der Waals surface area (Å²) in [5, 5.41) is 5.03. The summed E-state index contributed by atoms with van der Waals surface area (Å²) in [7, 11) is 1.87. The lowest BCUT2D eigenvalue weighted by Gasteiger charge is -2.11. The molecular weight excluding hydrogens is 234 g/mol. The second-order valence-electron chi connectivity index (χ2n) is 4.79. The highest BCUT2D eigenvalue weighted by atomic mass is 35.5. The molecule has 1 unspecified atom stereocenters. The molecule has 98 valence electrons. The third-order valence-corrected chi connectivity index (χ3v) is 3.64. The van der Waals surface area contributed by atoms with E-state index in [1.807, 2.05) is 14.0 Å². The van der Waals surface area contributed by atoms with Gasteiger partial charge in [0.1, 0.15) is 5.15 Å². The Morgan fingerprint density at radius 2 is 2.06 bits per heavy atom. The molecule has 0 fully saturated rings. The highest BCUT2D eigenvalue weighted by molar-refractivity contribution is 6.30. The molecule has 0 aromatic carbocycles. The largest absolute Gasteiger partial charge is 0.327 e. The van der Waals surface area contributed by atoms with Gasteiger partial charge in [-0.15, -0.1) is 0 Å². The van der Waals surface area contributed by atoms with E-state index < -0.39 is 0 Å². The molecule has 3 nitrogen and oxygen atoms in total. The Labute approximate surface area is 109 Å². The van der Waals surface area contributed by atoms with E-state index in [4.69, 9.17) is 17.3 Å². The fourth-order valence-corrected chi connectivity index (χ4v) is 2.36. The highest BCUT2D eigenvalue weighted by Crippen LogP contribution is 2.21. The van der Waals surface area contributed by atoms with Crippen LogP contribution in [0.4, 0.5) is 0 Å². The maximum absolute atomic E-state index is 6.19. The van der Waals surface area contributed by atoms with Crippen molar-refractivity contribution in [1.82, 2.24) is 9.78 Å². The molecule has 0 amide bonds. The van der Waals surface area contributed by atoms with Crippen LogP contribution < -0.4 is 5.73 Å².